The van der Waals surface area contributed by atoms with Crippen molar-refractivity contribution in [2.45, 2.75) is 51.7 Å². The summed E-state index contributed by atoms with van der Waals surface area (Å²) in [6, 6.07) is 3.31. The summed E-state index contributed by atoms with van der Waals surface area (Å²) in [5.74, 6) is 2.29. The number of nitrogens with one attached hydrogen (secondary N) is 2. The zero-order valence-corrected chi connectivity index (χ0v) is 13.4. The van der Waals surface area contributed by atoms with Gasteiger partial charge in [0.2, 0.25) is 5.88 Å². The van der Waals surface area contributed by atoms with Crippen LogP contribution in [0.3, 0.4) is 0 Å². The molecule has 0 aliphatic heterocycles. The van der Waals surface area contributed by atoms with E-state index >= 15 is 0 Å². The lowest BCUT2D eigenvalue weighted by Gasteiger charge is -2.12. The lowest BCUT2D eigenvalue weighted by Crippen LogP contribution is -2.23. The zero-order valence-electron chi connectivity index (χ0n) is 13.4. The Balaban J connectivity index is 1.57. The Morgan fingerprint density at radius 1 is 1.52 bits per heavy atom. The molecule has 1 saturated carbocycles. The highest BCUT2D eigenvalue weighted by Gasteiger charge is 2.27. The molecule has 0 spiro atoms. The summed E-state index contributed by atoms with van der Waals surface area (Å²) in [5, 5.41) is 9.86. The van der Waals surface area contributed by atoms with E-state index in [1.807, 2.05) is 13.8 Å². The quantitative estimate of drug-likeness (QED) is 0.817. The van der Waals surface area contributed by atoms with Gasteiger partial charge < -0.3 is 10.1 Å². The second-order valence-corrected chi connectivity index (χ2v) is 5.82. The van der Waals surface area contributed by atoms with Gasteiger partial charge in [-0.1, -0.05) is 6.92 Å². The highest BCUT2D eigenvalue weighted by molar-refractivity contribution is 5.94. The highest BCUT2D eigenvalue weighted by atomic mass is 16.5. The van der Waals surface area contributed by atoms with Crippen LogP contribution >= 0.6 is 0 Å². The maximum absolute atomic E-state index is 12.2. The number of rotatable bonds is 7. The Morgan fingerprint density at radius 2 is 2.35 bits per heavy atom. The first-order valence-corrected chi connectivity index (χ1v) is 7.97. The molecule has 1 amide bonds. The maximum Gasteiger partial charge on any atom is 0.251 e. The van der Waals surface area contributed by atoms with E-state index in [0.29, 0.717) is 29.7 Å². The number of hydrogen-bond acceptors (Lipinski definition) is 5. The summed E-state index contributed by atoms with van der Waals surface area (Å²) >= 11 is 0. The van der Waals surface area contributed by atoms with Crippen LogP contribution in [0, 0.1) is 0 Å². The zero-order chi connectivity index (χ0) is 16.2. The Hall–Kier alpha value is -2.44. The summed E-state index contributed by atoms with van der Waals surface area (Å²) in [7, 11) is 0. The fraction of sp³-hybridized carbons (Fsp3) is 0.500. The van der Waals surface area contributed by atoms with Crippen LogP contribution in [0.1, 0.15) is 61.0 Å². The summed E-state index contributed by atoms with van der Waals surface area (Å²) in [4.78, 5) is 20.7. The van der Waals surface area contributed by atoms with Crippen molar-refractivity contribution in [3.63, 3.8) is 0 Å². The third kappa shape index (κ3) is 4.06. The van der Waals surface area contributed by atoms with Crippen molar-refractivity contribution in [3.05, 3.63) is 35.5 Å². The average molecular weight is 315 g/mol. The van der Waals surface area contributed by atoms with E-state index < -0.39 is 0 Å². The topological polar surface area (TPSA) is 92.8 Å². The van der Waals surface area contributed by atoms with Gasteiger partial charge in [0, 0.05) is 23.7 Å². The van der Waals surface area contributed by atoms with E-state index in [0.717, 1.165) is 25.1 Å². The Kier molecular flexibility index (Phi) is 4.55. The predicted octanol–water partition coefficient (Wildman–Crippen LogP) is 2.18. The number of carbonyl (C=O) groups is 1. The highest BCUT2D eigenvalue weighted by Crippen LogP contribution is 2.37. The van der Waals surface area contributed by atoms with E-state index in [-0.39, 0.29) is 12.0 Å². The second-order valence-electron chi connectivity index (χ2n) is 5.82. The molecular weight excluding hydrogens is 294 g/mol. The molecule has 0 aromatic carbocycles. The van der Waals surface area contributed by atoms with Gasteiger partial charge in [0.1, 0.15) is 5.82 Å². The fourth-order valence-electron chi connectivity index (χ4n) is 2.08. The lowest BCUT2D eigenvalue weighted by molar-refractivity contribution is 0.0948. The number of ether oxygens (including phenoxy) is 1. The Morgan fingerprint density at radius 3 is 3.09 bits per heavy atom. The lowest BCUT2D eigenvalue weighted by atomic mass is 10.2. The fourth-order valence-corrected chi connectivity index (χ4v) is 2.08. The molecule has 122 valence electrons. The normalized spacial score (nSPS) is 15.2. The van der Waals surface area contributed by atoms with Crippen molar-refractivity contribution >= 4 is 5.91 Å². The van der Waals surface area contributed by atoms with E-state index in [4.69, 9.17) is 4.74 Å². The summed E-state index contributed by atoms with van der Waals surface area (Å²) in [6.07, 6.45) is 4.83. The number of aromatic amines is 1. The van der Waals surface area contributed by atoms with Crippen molar-refractivity contribution in [2.75, 3.05) is 0 Å². The Labute approximate surface area is 134 Å². The SMILES string of the molecule is CCC(C)Oc1cc(C(=O)NCc2nc(C3CC3)n[nH]2)ccn1. The first-order chi connectivity index (χ1) is 11.2. The van der Waals surface area contributed by atoms with Gasteiger partial charge in [0.15, 0.2) is 5.82 Å². The van der Waals surface area contributed by atoms with Crippen LogP contribution in [0.4, 0.5) is 0 Å². The number of amides is 1. The molecule has 2 N–H and O–H groups in total. The first-order valence-electron chi connectivity index (χ1n) is 7.97. The van der Waals surface area contributed by atoms with Gasteiger partial charge in [-0.05, 0) is 32.3 Å². The molecule has 7 heteroatoms. The largest absolute Gasteiger partial charge is 0.475 e. The van der Waals surface area contributed by atoms with Gasteiger partial charge in [0.05, 0.1) is 12.6 Å². The molecule has 2 aromatic heterocycles. The third-order valence-electron chi connectivity index (χ3n) is 3.80. The van der Waals surface area contributed by atoms with E-state index in [1.54, 1.807) is 18.3 Å². The van der Waals surface area contributed by atoms with Gasteiger partial charge in [0.25, 0.3) is 5.91 Å². The first kappa shape index (κ1) is 15.5. The number of nitrogens with zero attached hydrogens (tertiary/aromatic N) is 3. The molecule has 1 fully saturated rings. The van der Waals surface area contributed by atoms with Crippen molar-refractivity contribution in [1.29, 1.82) is 0 Å². The van der Waals surface area contributed by atoms with Crippen molar-refractivity contribution in [2.24, 2.45) is 0 Å². The Bertz CT molecular complexity index is 681. The minimum Gasteiger partial charge on any atom is -0.475 e. The summed E-state index contributed by atoms with van der Waals surface area (Å²) < 4.78 is 5.63. The molecule has 7 nitrogen and oxygen atoms in total. The van der Waals surface area contributed by atoms with Crippen molar-refractivity contribution in [1.82, 2.24) is 25.5 Å². The standard InChI is InChI=1S/C16H21N5O2/c1-3-10(2)23-14-8-12(6-7-17-14)16(22)18-9-13-19-15(21-20-13)11-4-5-11/h6-8,10-11H,3-5,9H2,1-2H3,(H,18,22)(H,19,20,21). The van der Waals surface area contributed by atoms with E-state index in [1.165, 1.54) is 0 Å². The molecule has 2 aromatic rings. The number of H-pyrrole nitrogens is 1. The molecule has 1 atom stereocenters. The van der Waals surface area contributed by atoms with Gasteiger partial charge in [-0.3, -0.25) is 9.89 Å². The van der Waals surface area contributed by atoms with Crippen LogP contribution in [-0.4, -0.2) is 32.2 Å². The second kappa shape index (κ2) is 6.76. The van der Waals surface area contributed by atoms with Crippen LogP contribution in [-0.2, 0) is 6.54 Å². The van der Waals surface area contributed by atoms with Crippen molar-refractivity contribution in [3.8, 4) is 5.88 Å². The molecule has 1 unspecified atom stereocenters. The van der Waals surface area contributed by atoms with Crippen LogP contribution in [0.25, 0.3) is 0 Å². The number of pyridine rings is 1. The van der Waals surface area contributed by atoms with Crippen LogP contribution in [0.15, 0.2) is 18.3 Å². The van der Waals surface area contributed by atoms with Crippen LogP contribution in [0.2, 0.25) is 0 Å². The van der Waals surface area contributed by atoms with Gasteiger partial charge >= 0.3 is 0 Å². The number of carbonyl (C=O) groups excluding carboxylic acids is 1. The molecule has 0 saturated heterocycles. The minimum atomic E-state index is -0.189. The van der Waals surface area contributed by atoms with E-state index in [9.17, 15) is 4.79 Å². The molecule has 0 bridgehead atoms. The third-order valence-corrected chi connectivity index (χ3v) is 3.80. The van der Waals surface area contributed by atoms with Crippen molar-refractivity contribution < 1.29 is 9.53 Å². The molecule has 0 radical (unpaired) electrons. The molecule has 3 rings (SSSR count). The summed E-state index contributed by atoms with van der Waals surface area (Å²) in [5.41, 5.74) is 0.514. The minimum absolute atomic E-state index is 0.0656. The molecule has 1 aliphatic rings. The van der Waals surface area contributed by atoms with E-state index in [2.05, 4.69) is 25.5 Å². The number of hydrogen-bond donors (Lipinski definition) is 2. The monoisotopic (exact) mass is 315 g/mol. The average Bonchev–Trinajstić information content (AvgIpc) is 3.31. The van der Waals surface area contributed by atoms with Gasteiger partial charge in [-0.2, -0.15) is 5.10 Å². The molecule has 2 heterocycles. The van der Waals surface area contributed by atoms with Gasteiger partial charge in [-0.25, -0.2) is 9.97 Å². The van der Waals surface area contributed by atoms with Crippen LogP contribution < -0.4 is 10.1 Å². The number of aromatic nitrogens is 4. The van der Waals surface area contributed by atoms with Crippen LogP contribution in [0.5, 0.6) is 5.88 Å². The molecule has 23 heavy (non-hydrogen) atoms. The van der Waals surface area contributed by atoms with Gasteiger partial charge in [-0.15, -0.1) is 0 Å². The maximum atomic E-state index is 12.2. The molecular formula is C16H21N5O2. The smallest absolute Gasteiger partial charge is 0.251 e. The predicted molar refractivity (Wildman–Crippen MR) is 84.1 cm³/mol. The molecule has 1 aliphatic carbocycles. The summed E-state index contributed by atoms with van der Waals surface area (Å²) in [6.45, 7) is 4.33.